The van der Waals surface area contributed by atoms with Crippen molar-refractivity contribution in [1.82, 2.24) is 0 Å². The molecule has 0 fully saturated rings. The van der Waals surface area contributed by atoms with Crippen molar-refractivity contribution in [2.75, 3.05) is 0 Å². The Labute approximate surface area is 108 Å². The van der Waals surface area contributed by atoms with E-state index in [9.17, 15) is 8.60 Å². The molecule has 2 aromatic carbocycles. The third kappa shape index (κ3) is 2.74. The summed E-state index contributed by atoms with van der Waals surface area (Å²) in [4.78, 5) is 1.09. The molecule has 1 unspecified atom stereocenters. The Bertz CT molecular complexity index is 529. The lowest BCUT2D eigenvalue weighted by Crippen LogP contribution is -1.95. The summed E-state index contributed by atoms with van der Waals surface area (Å²) in [5.74, 6) is -0.336. The third-order valence-electron chi connectivity index (χ3n) is 2.63. The van der Waals surface area contributed by atoms with Crippen LogP contribution in [0.2, 0.25) is 0 Å². The minimum Gasteiger partial charge on any atom is -0.249 e. The standard InChI is InChI=1S/C15H13FOS/c1-11-3-5-13(6-4-11)12(2)18(17)15-9-7-14(16)8-10-15/h3-10H,2H2,1H3. The molecule has 0 aliphatic carbocycles. The number of benzene rings is 2. The summed E-state index contributed by atoms with van der Waals surface area (Å²) in [5, 5.41) is 0. The largest absolute Gasteiger partial charge is 0.249 e. The third-order valence-corrected chi connectivity index (χ3v) is 4.01. The van der Waals surface area contributed by atoms with E-state index in [2.05, 4.69) is 6.58 Å². The van der Waals surface area contributed by atoms with Crippen molar-refractivity contribution in [3.63, 3.8) is 0 Å². The quantitative estimate of drug-likeness (QED) is 0.817. The van der Waals surface area contributed by atoms with Crippen molar-refractivity contribution in [2.24, 2.45) is 0 Å². The van der Waals surface area contributed by atoms with Crippen LogP contribution >= 0.6 is 0 Å². The van der Waals surface area contributed by atoms with E-state index in [1.54, 1.807) is 0 Å². The fraction of sp³-hybridized carbons (Fsp3) is 0.0667. The molecule has 0 radical (unpaired) electrons. The van der Waals surface area contributed by atoms with Gasteiger partial charge in [0.1, 0.15) is 5.82 Å². The average Bonchev–Trinajstić information content (AvgIpc) is 2.39. The SMILES string of the molecule is C=C(c1ccc(C)cc1)S(=O)c1ccc(F)cc1. The lowest BCUT2D eigenvalue weighted by molar-refractivity contribution is 0.626. The maximum atomic E-state index is 12.8. The molecule has 0 N–H and O–H groups in total. The minimum atomic E-state index is -1.36. The molecular weight excluding hydrogens is 247 g/mol. The van der Waals surface area contributed by atoms with Crippen LogP contribution in [-0.4, -0.2) is 4.21 Å². The fourth-order valence-corrected chi connectivity index (χ4v) is 2.56. The second-order valence-electron chi connectivity index (χ2n) is 4.01. The first-order valence-electron chi connectivity index (χ1n) is 5.51. The zero-order chi connectivity index (χ0) is 13.1. The number of hydrogen-bond donors (Lipinski definition) is 0. The summed E-state index contributed by atoms with van der Waals surface area (Å²) in [6, 6.07) is 13.3. The van der Waals surface area contributed by atoms with E-state index in [4.69, 9.17) is 0 Å². The van der Waals surface area contributed by atoms with Crippen molar-refractivity contribution >= 4 is 15.7 Å². The van der Waals surface area contributed by atoms with Crippen molar-refractivity contribution < 1.29 is 8.60 Å². The summed E-state index contributed by atoms with van der Waals surface area (Å²) in [7, 11) is -1.36. The van der Waals surface area contributed by atoms with Crippen molar-refractivity contribution in [3.8, 4) is 0 Å². The maximum absolute atomic E-state index is 12.8. The molecule has 0 bridgehead atoms. The van der Waals surface area contributed by atoms with Gasteiger partial charge in [-0.15, -0.1) is 0 Å². The van der Waals surface area contributed by atoms with Crippen LogP contribution in [0.25, 0.3) is 4.91 Å². The van der Waals surface area contributed by atoms with Gasteiger partial charge in [-0.1, -0.05) is 36.4 Å². The van der Waals surface area contributed by atoms with Gasteiger partial charge in [0, 0.05) is 9.80 Å². The van der Waals surface area contributed by atoms with Crippen molar-refractivity contribution in [1.29, 1.82) is 0 Å². The van der Waals surface area contributed by atoms with Gasteiger partial charge in [-0.2, -0.15) is 0 Å². The normalized spacial score (nSPS) is 12.1. The Morgan fingerprint density at radius 3 is 2.17 bits per heavy atom. The molecule has 1 nitrogen and oxygen atoms in total. The predicted octanol–water partition coefficient (Wildman–Crippen LogP) is 3.91. The van der Waals surface area contributed by atoms with Gasteiger partial charge in [0.05, 0.1) is 10.8 Å². The van der Waals surface area contributed by atoms with Gasteiger partial charge in [0.25, 0.3) is 0 Å². The molecule has 2 aromatic rings. The van der Waals surface area contributed by atoms with Crippen LogP contribution in [0.5, 0.6) is 0 Å². The zero-order valence-electron chi connectivity index (χ0n) is 10.0. The number of aryl methyl sites for hydroxylation is 1. The summed E-state index contributed by atoms with van der Waals surface area (Å²) in [6.45, 7) is 5.85. The number of halogens is 1. The highest BCUT2D eigenvalue weighted by Crippen LogP contribution is 2.22. The van der Waals surface area contributed by atoms with Crippen molar-refractivity contribution in [3.05, 3.63) is 72.1 Å². The molecule has 0 saturated carbocycles. The van der Waals surface area contributed by atoms with E-state index in [1.807, 2.05) is 31.2 Å². The van der Waals surface area contributed by atoms with E-state index < -0.39 is 10.8 Å². The maximum Gasteiger partial charge on any atom is 0.123 e. The highest BCUT2D eigenvalue weighted by Gasteiger charge is 2.10. The number of hydrogen-bond acceptors (Lipinski definition) is 1. The molecule has 0 heterocycles. The van der Waals surface area contributed by atoms with E-state index in [0.717, 1.165) is 11.1 Å². The Hall–Kier alpha value is -1.74. The summed E-state index contributed by atoms with van der Waals surface area (Å²) in [5.41, 5.74) is 1.97. The first-order chi connectivity index (χ1) is 8.58. The van der Waals surface area contributed by atoms with Gasteiger partial charge >= 0.3 is 0 Å². The molecule has 3 heteroatoms. The summed E-state index contributed by atoms with van der Waals surface area (Å²) in [6.07, 6.45) is 0. The zero-order valence-corrected chi connectivity index (χ0v) is 10.8. The molecule has 0 aliphatic heterocycles. The van der Waals surface area contributed by atoms with Crippen LogP contribution in [0.4, 0.5) is 4.39 Å². The molecule has 2 rings (SSSR count). The minimum absolute atomic E-state index is 0.336. The Morgan fingerprint density at radius 2 is 1.61 bits per heavy atom. The first kappa shape index (κ1) is 12.7. The van der Waals surface area contributed by atoms with E-state index in [1.165, 1.54) is 24.3 Å². The highest BCUT2D eigenvalue weighted by molar-refractivity contribution is 7.94. The van der Waals surface area contributed by atoms with E-state index >= 15 is 0 Å². The lowest BCUT2D eigenvalue weighted by Gasteiger charge is -2.06. The molecule has 92 valence electrons. The molecule has 0 amide bonds. The van der Waals surface area contributed by atoms with Crippen LogP contribution in [0, 0.1) is 12.7 Å². The topological polar surface area (TPSA) is 17.1 Å². The second kappa shape index (κ2) is 5.27. The molecule has 0 saturated heterocycles. The number of rotatable bonds is 3. The first-order valence-corrected chi connectivity index (χ1v) is 6.66. The van der Waals surface area contributed by atoms with Crippen LogP contribution in [-0.2, 0) is 10.8 Å². The summed E-state index contributed by atoms with van der Waals surface area (Å²) >= 11 is 0. The van der Waals surface area contributed by atoms with Gasteiger partial charge in [0.15, 0.2) is 0 Å². The molecule has 18 heavy (non-hydrogen) atoms. The second-order valence-corrected chi connectivity index (χ2v) is 5.51. The Morgan fingerprint density at radius 1 is 1.06 bits per heavy atom. The molecule has 1 atom stereocenters. The average molecular weight is 260 g/mol. The Kier molecular flexibility index (Phi) is 3.72. The smallest absolute Gasteiger partial charge is 0.123 e. The highest BCUT2D eigenvalue weighted by atomic mass is 32.2. The van der Waals surface area contributed by atoms with Crippen LogP contribution < -0.4 is 0 Å². The van der Waals surface area contributed by atoms with Crippen LogP contribution in [0.15, 0.2) is 60.0 Å². The molecule has 0 aromatic heterocycles. The summed E-state index contributed by atoms with van der Waals surface area (Å²) < 4.78 is 25.0. The van der Waals surface area contributed by atoms with Gasteiger partial charge in [0.2, 0.25) is 0 Å². The van der Waals surface area contributed by atoms with Crippen molar-refractivity contribution in [2.45, 2.75) is 11.8 Å². The van der Waals surface area contributed by atoms with Gasteiger partial charge in [-0.25, -0.2) is 8.60 Å². The predicted molar refractivity (Wildman–Crippen MR) is 73.0 cm³/mol. The molecular formula is C15H13FOS. The molecule has 0 spiro atoms. The van der Waals surface area contributed by atoms with Gasteiger partial charge in [-0.3, -0.25) is 0 Å². The fourth-order valence-electron chi connectivity index (χ4n) is 1.55. The van der Waals surface area contributed by atoms with Crippen LogP contribution in [0.1, 0.15) is 11.1 Å². The van der Waals surface area contributed by atoms with Crippen LogP contribution in [0.3, 0.4) is 0 Å². The molecule has 0 aliphatic rings. The van der Waals surface area contributed by atoms with E-state index in [0.29, 0.717) is 9.80 Å². The van der Waals surface area contributed by atoms with Gasteiger partial charge in [-0.05, 0) is 36.8 Å². The lowest BCUT2D eigenvalue weighted by atomic mass is 10.1. The van der Waals surface area contributed by atoms with Gasteiger partial charge < -0.3 is 0 Å². The monoisotopic (exact) mass is 260 g/mol. The Balaban J connectivity index is 2.26. The van der Waals surface area contributed by atoms with E-state index in [-0.39, 0.29) is 5.82 Å².